The Bertz CT molecular complexity index is 1040. The van der Waals surface area contributed by atoms with Crippen LogP contribution in [0.15, 0.2) is 60.8 Å². The number of nitrogens with one attached hydrogen (secondary N) is 1. The first-order chi connectivity index (χ1) is 12.3. The molecule has 1 aromatic heterocycles. The second-order valence-electron chi connectivity index (χ2n) is 5.92. The molecular weight excluding hydrogens is 352 g/mol. The summed E-state index contributed by atoms with van der Waals surface area (Å²) in [5.74, 6) is 0.641. The number of pyridine rings is 1. The predicted octanol–water partition coefficient (Wildman–Crippen LogP) is 3.40. The van der Waals surface area contributed by atoms with Gasteiger partial charge in [-0.2, -0.15) is 0 Å². The van der Waals surface area contributed by atoms with Crippen LogP contribution in [-0.2, 0) is 14.6 Å². The molecule has 3 rings (SSSR count). The minimum atomic E-state index is -3.44. The van der Waals surface area contributed by atoms with Gasteiger partial charge >= 0.3 is 0 Å². The van der Waals surface area contributed by atoms with Gasteiger partial charge in [-0.3, -0.25) is 9.78 Å². The highest BCUT2D eigenvalue weighted by atomic mass is 32.2. The highest BCUT2D eigenvalue weighted by Gasteiger charge is 2.23. The number of rotatable bonds is 5. The van der Waals surface area contributed by atoms with E-state index in [-0.39, 0.29) is 0 Å². The number of nitrogens with zero attached hydrogens (tertiary/aromatic N) is 1. The van der Waals surface area contributed by atoms with Crippen molar-refractivity contribution in [2.24, 2.45) is 0 Å². The van der Waals surface area contributed by atoms with Crippen molar-refractivity contribution in [2.75, 3.05) is 11.6 Å². The lowest BCUT2D eigenvalue weighted by Crippen LogP contribution is -2.31. The number of carbonyl (C=O) groups excluding carboxylic acids is 1. The van der Waals surface area contributed by atoms with Crippen LogP contribution in [0, 0.1) is 0 Å². The molecule has 1 heterocycles. The fraction of sp³-hybridized carbons (Fsp3) is 0.158. The van der Waals surface area contributed by atoms with Crippen molar-refractivity contribution in [3.05, 3.63) is 60.8 Å². The molecule has 0 fully saturated rings. The van der Waals surface area contributed by atoms with Crippen molar-refractivity contribution < 1.29 is 17.9 Å². The van der Waals surface area contributed by atoms with Gasteiger partial charge in [0.25, 0.3) is 0 Å². The molecule has 1 atom stereocenters. The Kier molecular flexibility index (Phi) is 4.90. The Morgan fingerprint density at radius 1 is 1.08 bits per heavy atom. The van der Waals surface area contributed by atoms with Gasteiger partial charge < -0.3 is 10.1 Å². The van der Waals surface area contributed by atoms with E-state index >= 15 is 0 Å². The van der Waals surface area contributed by atoms with Gasteiger partial charge in [-0.25, -0.2) is 8.42 Å². The molecule has 0 saturated carbocycles. The van der Waals surface area contributed by atoms with E-state index in [0.717, 1.165) is 17.2 Å². The first-order valence-electron chi connectivity index (χ1n) is 7.96. The summed E-state index contributed by atoms with van der Waals surface area (Å²) >= 11 is 0. The largest absolute Gasteiger partial charge is 0.455 e. The molecule has 0 unspecified atom stereocenters. The SMILES string of the molecule is C[C@@H](C(=O)Nc1ccc(Oc2cccc3cccnc23)cc1)S(C)(=O)=O. The molecule has 1 N–H and O–H groups in total. The molecule has 0 bridgehead atoms. The minimum absolute atomic E-state index is 0.494. The van der Waals surface area contributed by atoms with Gasteiger partial charge in [-0.15, -0.1) is 0 Å². The number of amides is 1. The van der Waals surface area contributed by atoms with Gasteiger partial charge in [0.05, 0.1) is 0 Å². The standard InChI is InChI=1S/C19H18N2O4S/c1-13(26(2,23)24)19(22)21-15-8-10-16(11-9-15)25-17-7-3-5-14-6-4-12-20-18(14)17/h3-13H,1-2H3,(H,21,22)/t13-/m0/s1. The monoisotopic (exact) mass is 370 g/mol. The fourth-order valence-corrected chi connectivity index (χ4v) is 2.78. The molecule has 0 radical (unpaired) electrons. The van der Waals surface area contributed by atoms with E-state index in [4.69, 9.17) is 4.74 Å². The van der Waals surface area contributed by atoms with Crippen LogP contribution in [0.3, 0.4) is 0 Å². The number of fused-ring (bicyclic) bond motifs is 1. The average Bonchev–Trinajstić information content (AvgIpc) is 2.62. The van der Waals surface area contributed by atoms with Gasteiger partial charge in [0.15, 0.2) is 15.6 Å². The number of ether oxygens (including phenoxy) is 1. The van der Waals surface area contributed by atoms with Gasteiger partial charge in [0.1, 0.15) is 16.5 Å². The third-order valence-corrected chi connectivity index (χ3v) is 5.46. The molecule has 0 aliphatic carbocycles. The number of sulfone groups is 1. The summed E-state index contributed by atoms with van der Waals surface area (Å²) in [6, 6.07) is 16.2. The van der Waals surface area contributed by atoms with Crippen molar-refractivity contribution >= 4 is 32.3 Å². The summed E-state index contributed by atoms with van der Waals surface area (Å²) in [4.78, 5) is 16.3. The maximum absolute atomic E-state index is 12.0. The van der Waals surface area contributed by atoms with Crippen LogP contribution in [0.4, 0.5) is 5.69 Å². The number of para-hydroxylation sites is 1. The molecular formula is C19H18N2O4S. The second kappa shape index (κ2) is 7.13. The average molecular weight is 370 g/mol. The molecule has 26 heavy (non-hydrogen) atoms. The Balaban J connectivity index is 1.75. The first-order valence-corrected chi connectivity index (χ1v) is 9.91. The normalized spacial score (nSPS) is 12.5. The summed E-state index contributed by atoms with van der Waals surface area (Å²) in [6.07, 6.45) is 2.74. The summed E-state index contributed by atoms with van der Waals surface area (Å²) in [6.45, 7) is 1.36. The number of aromatic nitrogens is 1. The third-order valence-electron chi connectivity index (χ3n) is 3.96. The van der Waals surface area contributed by atoms with E-state index in [1.54, 1.807) is 30.5 Å². The maximum Gasteiger partial charge on any atom is 0.242 e. The van der Waals surface area contributed by atoms with Crippen LogP contribution in [-0.4, -0.2) is 30.8 Å². The van der Waals surface area contributed by atoms with E-state index in [2.05, 4.69) is 10.3 Å². The van der Waals surface area contributed by atoms with Crippen molar-refractivity contribution in [3.8, 4) is 11.5 Å². The van der Waals surface area contributed by atoms with Gasteiger partial charge in [-0.05, 0) is 43.3 Å². The van der Waals surface area contributed by atoms with E-state index in [9.17, 15) is 13.2 Å². The maximum atomic E-state index is 12.0. The summed E-state index contributed by atoms with van der Waals surface area (Å²) in [5, 5.41) is 2.45. The van der Waals surface area contributed by atoms with Crippen LogP contribution >= 0.6 is 0 Å². The van der Waals surface area contributed by atoms with Crippen molar-refractivity contribution in [3.63, 3.8) is 0 Å². The lowest BCUT2D eigenvalue weighted by Gasteiger charge is -2.12. The van der Waals surface area contributed by atoms with E-state index in [0.29, 0.717) is 17.2 Å². The van der Waals surface area contributed by atoms with Crippen molar-refractivity contribution in [2.45, 2.75) is 12.2 Å². The molecule has 0 aliphatic rings. The molecule has 134 valence electrons. The highest BCUT2D eigenvalue weighted by molar-refractivity contribution is 7.92. The molecule has 2 aromatic carbocycles. The molecule has 7 heteroatoms. The van der Waals surface area contributed by atoms with Crippen molar-refractivity contribution in [1.29, 1.82) is 0 Å². The number of anilines is 1. The van der Waals surface area contributed by atoms with Crippen LogP contribution in [0.25, 0.3) is 10.9 Å². The van der Waals surface area contributed by atoms with E-state index < -0.39 is 21.0 Å². The van der Waals surface area contributed by atoms with Crippen LogP contribution in [0.5, 0.6) is 11.5 Å². The lowest BCUT2D eigenvalue weighted by molar-refractivity contribution is -0.115. The van der Waals surface area contributed by atoms with Gasteiger partial charge in [-0.1, -0.05) is 18.2 Å². The lowest BCUT2D eigenvalue weighted by atomic mass is 10.2. The van der Waals surface area contributed by atoms with Crippen LogP contribution < -0.4 is 10.1 Å². The molecule has 6 nitrogen and oxygen atoms in total. The number of benzene rings is 2. The molecule has 3 aromatic rings. The van der Waals surface area contributed by atoms with E-state index in [1.807, 2.05) is 30.3 Å². The first kappa shape index (κ1) is 17.9. The zero-order valence-electron chi connectivity index (χ0n) is 14.3. The van der Waals surface area contributed by atoms with Gasteiger partial charge in [0, 0.05) is 23.5 Å². The Morgan fingerprint density at radius 3 is 2.46 bits per heavy atom. The zero-order valence-corrected chi connectivity index (χ0v) is 15.2. The zero-order chi connectivity index (χ0) is 18.7. The quantitative estimate of drug-likeness (QED) is 0.744. The minimum Gasteiger partial charge on any atom is -0.455 e. The number of hydrogen-bond acceptors (Lipinski definition) is 5. The molecule has 0 spiro atoms. The smallest absolute Gasteiger partial charge is 0.242 e. The van der Waals surface area contributed by atoms with Crippen molar-refractivity contribution in [1.82, 2.24) is 4.98 Å². The van der Waals surface area contributed by atoms with Gasteiger partial charge in [0.2, 0.25) is 5.91 Å². The van der Waals surface area contributed by atoms with Crippen LogP contribution in [0.2, 0.25) is 0 Å². The second-order valence-corrected chi connectivity index (χ2v) is 8.28. The summed E-state index contributed by atoms with van der Waals surface area (Å²) < 4.78 is 28.8. The third kappa shape index (κ3) is 4.00. The topological polar surface area (TPSA) is 85.4 Å². The summed E-state index contributed by atoms with van der Waals surface area (Å²) in [7, 11) is -3.44. The Morgan fingerprint density at radius 2 is 1.77 bits per heavy atom. The Labute approximate surface area is 151 Å². The summed E-state index contributed by atoms with van der Waals surface area (Å²) in [5.41, 5.74) is 1.25. The molecule has 0 saturated heterocycles. The van der Waals surface area contributed by atoms with E-state index in [1.165, 1.54) is 6.92 Å². The molecule has 1 amide bonds. The number of hydrogen-bond donors (Lipinski definition) is 1. The highest BCUT2D eigenvalue weighted by Crippen LogP contribution is 2.28. The number of carbonyl (C=O) groups is 1. The Hall–Kier alpha value is -2.93. The predicted molar refractivity (Wildman–Crippen MR) is 101 cm³/mol. The molecule has 0 aliphatic heterocycles. The van der Waals surface area contributed by atoms with Crippen LogP contribution in [0.1, 0.15) is 6.92 Å². The fourth-order valence-electron chi connectivity index (χ4n) is 2.33.